The van der Waals surface area contributed by atoms with Gasteiger partial charge in [-0.25, -0.2) is 33.6 Å². The SMILES string of the molecule is CC(=O)CCC#Cc1ccc([C@H](OCc2cn([C@H]3CC(O)[C@@H](CO)O3)c3ncnc(N)c23)C(C)C)c([N+](=O)[O-])c1.CC(C)[C@@H](OCc1cn([C@H]2CC(O)[C@@H](COP(=O)(O)OP(=O)(O)OP(=O)(O)O)O2)c2ncnc(N)c12)c1ccc(C#CCN)cc1[N+](=O)[O-]. The number of carbonyl (C=O) groups excluding carboxylic acids is 1. The molecule has 13 N–H and O–H groups in total. The second-order valence-corrected chi connectivity index (χ2v) is 25.4. The van der Waals surface area contributed by atoms with Crippen LogP contribution < -0.4 is 17.2 Å². The average molecular weight is 1300 g/mol. The van der Waals surface area contributed by atoms with Gasteiger partial charge >= 0.3 is 23.5 Å². The monoisotopic (exact) mass is 1300 g/mol. The van der Waals surface area contributed by atoms with Gasteiger partial charge in [-0.1, -0.05) is 51.4 Å². The maximum atomic E-state index is 12.2. The number of aromatic nitrogens is 6. The van der Waals surface area contributed by atoms with E-state index < -0.39 is 89.0 Å². The number of hydrogen-bond donors (Lipinski definition) is 10. The molecule has 89 heavy (non-hydrogen) atoms. The van der Waals surface area contributed by atoms with Gasteiger partial charge in [0.05, 0.1) is 89.1 Å². The standard InChI is InChI=1S/C28H33N5O7.C25H33N6O15P3/c1-16(2)26(20-9-8-18(10-21(20)33(37)38)7-5-4-6-17(3)35)39-14-19-12-32(24-11-22(36)23(13-34)40-24)28-25(19)27(29)30-15-31-28;1-14(2)23(17-6-5-15(4-3-7-26)8-18(17)31(33)34)42-11-16-10-30(25-22(16)24(27)28-13-29-25)21-9-19(32)20(44-21)12-43-48(38,39)46-49(40,41)45-47(35,36)37/h8-10,12,15-16,22-24,26,34,36H,4,6,11,13-14H2,1-3H3,(H2,29,30,31);5-6,8,10,13-14,19-21,23,32H,7,9,11-12,26H2,1-2H3,(H,38,39)(H,40,41)(H2,27,28,29)(H2,35,36,37)/t22?,23-,24-,26-;19?,20-,21-,23-/m11/s1. The van der Waals surface area contributed by atoms with E-state index >= 15 is 0 Å². The third kappa shape index (κ3) is 17.9. The van der Waals surface area contributed by atoms with Crippen molar-refractivity contribution in [2.24, 2.45) is 17.6 Å². The molecule has 33 nitrogen and oxygen atoms in total. The maximum absolute atomic E-state index is 12.2. The number of nitrogen functional groups attached to an aromatic ring is 2. The van der Waals surface area contributed by atoms with E-state index in [1.165, 1.54) is 36.3 Å². The van der Waals surface area contributed by atoms with Crippen molar-refractivity contribution in [2.45, 2.75) is 123 Å². The number of nitro groups is 2. The second-order valence-electron chi connectivity index (χ2n) is 21.0. The molecule has 2 aromatic carbocycles. The van der Waals surface area contributed by atoms with Gasteiger partial charge in [0.2, 0.25) is 0 Å². The molecular weight excluding hydrogens is 1240 g/mol. The highest BCUT2D eigenvalue weighted by Gasteiger charge is 2.44. The third-order valence-corrected chi connectivity index (χ3v) is 17.5. The van der Waals surface area contributed by atoms with Gasteiger partial charge in [0, 0.05) is 72.5 Å². The van der Waals surface area contributed by atoms with Crippen LogP contribution in [0.25, 0.3) is 22.1 Å². The van der Waals surface area contributed by atoms with Gasteiger partial charge in [-0.05, 0) is 43.0 Å². The predicted octanol–water partition coefficient (Wildman–Crippen LogP) is 5.33. The summed E-state index contributed by atoms with van der Waals surface area (Å²) in [6.07, 6.45) is -0.423. The molecule has 2 saturated heterocycles. The van der Waals surface area contributed by atoms with Crippen LogP contribution in [0.15, 0.2) is 61.4 Å². The Bertz CT molecular complexity index is 3860. The number of hydrogen-bond acceptors (Lipinski definition) is 25. The second kappa shape index (κ2) is 29.7. The molecule has 8 rings (SSSR count). The molecule has 10 atom stereocenters. The van der Waals surface area contributed by atoms with Gasteiger partial charge < -0.3 is 80.2 Å². The van der Waals surface area contributed by atoms with Crippen molar-refractivity contribution in [1.29, 1.82) is 0 Å². The fourth-order valence-corrected chi connectivity index (χ4v) is 12.9. The van der Waals surface area contributed by atoms with Gasteiger partial charge in [-0.15, -0.1) is 0 Å². The zero-order chi connectivity index (χ0) is 65.3. The molecule has 0 bridgehead atoms. The molecule has 0 aliphatic carbocycles. The lowest BCUT2D eigenvalue weighted by atomic mass is 9.96. The number of fused-ring (bicyclic) bond motifs is 2. The first kappa shape index (κ1) is 69.4. The van der Waals surface area contributed by atoms with E-state index in [-0.39, 0.29) is 85.5 Å². The van der Waals surface area contributed by atoms with Crippen LogP contribution in [0, 0.1) is 55.7 Å². The van der Waals surface area contributed by atoms with Crippen molar-refractivity contribution in [3.05, 3.63) is 115 Å². The Morgan fingerprint density at radius 2 is 1.19 bits per heavy atom. The number of benzene rings is 2. The van der Waals surface area contributed by atoms with Crippen molar-refractivity contribution in [1.82, 2.24) is 29.1 Å². The van der Waals surface area contributed by atoms with Gasteiger partial charge in [0.25, 0.3) is 11.4 Å². The van der Waals surface area contributed by atoms with Crippen molar-refractivity contribution >= 4 is 74.3 Å². The number of phosphoric ester groups is 1. The molecule has 0 radical (unpaired) electrons. The molecule has 2 aliphatic heterocycles. The molecule has 0 spiro atoms. The minimum atomic E-state index is -5.75. The molecule has 6 aromatic rings. The first-order chi connectivity index (χ1) is 41.9. The Morgan fingerprint density at radius 1 is 0.730 bits per heavy atom. The minimum Gasteiger partial charge on any atom is -0.394 e. The van der Waals surface area contributed by atoms with Gasteiger partial charge in [-0.3, -0.25) is 29.5 Å². The molecule has 4 aromatic heterocycles. The quantitative estimate of drug-likeness (QED) is 0.0158. The first-order valence-electron chi connectivity index (χ1n) is 27.1. The lowest BCUT2D eigenvalue weighted by molar-refractivity contribution is -0.386. The number of rotatable bonds is 24. The Labute approximate surface area is 507 Å². The van der Waals surface area contributed by atoms with Crippen LogP contribution in [-0.2, 0) is 63.8 Å². The third-order valence-electron chi connectivity index (χ3n) is 13.7. The molecule has 6 heterocycles. The smallest absolute Gasteiger partial charge is 0.394 e. The van der Waals surface area contributed by atoms with Crippen LogP contribution in [0.2, 0.25) is 0 Å². The number of ether oxygens (including phenoxy) is 4. The number of phosphoric acid groups is 3. The Balaban J connectivity index is 0.000000259. The number of carbonyl (C=O) groups is 1. The Kier molecular flexibility index (Phi) is 23.2. The summed E-state index contributed by atoms with van der Waals surface area (Å²) < 4.78 is 74.0. The fraction of sp³-hybridized carbons (Fsp3) is 0.453. The molecular formula is C53H66N11O22P3. The lowest BCUT2D eigenvalue weighted by Crippen LogP contribution is -2.26. The van der Waals surface area contributed by atoms with Crippen LogP contribution in [0.5, 0.6) is 0 Å². The molecule has 4 unspecified atom stereocenters. The number of nitrogens with two attached hydrogens (primary N) is 3. The number of nitro benzene ring substituents is 2. The van der Waals surface area contributed by atoms with Crippen LogP contribution in [0.1, 0.15) is 118 Å². The molecule has 0 saturated carbocycles. The van der Waals surface area contributed by atoms with Crippen LogP contribution in [0.3, 0.4) is 0 Å². The van der Waals surface area contributed by atoms with Crippen molar-refractivity contribution in [3.63, 3.8) is 0 Å². The van der Waals surface area contributed by atoms with Gasteiger partial charge in [0.1, 0.15) is 66.0 Å². The summed E-state index contributed by atoms with van der Waals surface area (Å²) >= 11 is 0. The lowest BCUT2D eigenvalue weighted by Gasteiger charge is -2.22. The molecule has 480 valence electrons. The predicted molar refractivity (Wildman–Crippen MR) is 314 cm³/mol. The van der Waals surface area contributed by atoms with Crippen LogP contribution >= 0.6 is 23.5 Å². The van der Waals surface area contributed by atoms with E-state index in [1.54, 1.807) is 41.2 Å². The summed E-state index contributed by atoms with van der Waals surface area (Å²) in [5.74, 6) is 11.2. The van der Waals surface area contributed by atoms with Crippen molar-refractivity contribution in [3.8, 4) is 23.7 Å². The summed E-state index contributed by atoms with van der Waals surface area (Å²) in [6, 6.07) is 9.33. The summed E-state index contributed by atoms with van der Waals surface area (Å²) in [6.45, 7) is 7.78. The van der Waals surface area contributed by atoms with Crippen LogP contribution in [0.4, 0.5) is 23.0 Å². The number of nitrogens with zero attached hydrogens (tertiary/aromatic N) is 8. The van der Waals surface area contributed by atoms with E-state index in [9.17, 15) is 63.8 Å². The molecule has 2 fully saturated rings. The molecule has 0 amide bonds. The summed E-state index contributed by atoms with van der Waals surface area (Å²) in [5, 5.41) is 55.3. The fourth-order valence-electron chi connectivity index (χ4n) is 9.83. The molecule has 2 aliphatic rings. The number of aliphatic hydroxyl groups excluding tert-OH is 3. The first-order valence-corrected chi connectivity index (χ1v) is 31.7. The number of Topliss-reactive ketones (excluding diaryl/α,β-unsaturated/α-hetero) is 1. The van der Waals surface area contributed by atoms with E-state index in [1.807, 2.05) is 27.7 Å². The highest BCUT2D eigenvalue weighted by atomic mass is 31.3. The van der Waals surface area contributed by atoms with E-state index in [4.69, 9.17) is 45.9 Å². The Hall–Kier alpha value is -7.04. The highest BCUT2D eigenvalue weighted by Crippen LogP contribution is 2.66. The van der Waals surface area contributed by atoms with Crippen molar-refractivity contribution < 1.29 is 95.3 Å². The maximum Gasteiger partial charge on any atom is 0.490 e. The largest absolute Gasteiger partial charge is 0.490 e. The van der Waals surface area contributed by atoms with Gasteiger partial charge in [-0.2, -0.15) is 8.62 Å². The van der Waals surface area contributed by atoms with Gasteiger partial charge in [0.15, 0.2) is 0 Å². The van der Waals surface area contributed by atoms with Crippen LogP contribution in [-0.4, -0.2) is 124 Å². The van der Waals surface area contributed by atoms with E-state index in [0.717, 1.165) is 0 Å². The van der Waals surface area contributed by atoms with E-state index in [0.29, 0.717) is 62.6 Å². The number of aliphatic hydroxyl groups is 3. The van der Waals surface area contributed by atoms with E-state index in [2.05, 4.69) is 56.8 Å². The normalized spacial score (nSPS) is 20.4. The summed E-state index contributed by atoms with van der Waals surface area (Å²) in [7, 11) is -16.8. The zero-order valence-electron chi connectivity index (χ0n) is 48.3. The number of ketones is 1. The Morgan fingerprint density at radius 3 is 1.61 bits per heavy atom. The highest BCUT2D eigenvalue weighted by molar-refractivity contribution is 7.66. The summed E-state index contributed by atoms with van der Waals surface area (Å²) in [5.41, 5.74) is 21.0. The zero-order valence-corrected chi connectivity index (χ0v) is 51.0. The van der Waals surface area contributed by atoms with Crippen molar-refractivity contribution in [2.75, 3.05) is 31.2 Å². The summed E-state index contributed by atoms with van der Waals surface area (Å²) in [4.78, 5) is 87.4. The number of anilines is 2. The molecule has 36 heteroatoms. The minimum absolute atomic E-state index is 0.0340. The average Bonchev–Trinajstić information content (AvgIpc) is 1.72. The topological polar surface area (TPSA) is 500 Å².